The minimum atomic E-state index is -0.503. The Labute approximate surface area is 157 Å². The van der Waals surface area contributed by atoms with Crippen LogP contribution < -0.4 is 10.5 Å². The number of rotatable bonds is 4. The summed E-state index contributed by atoms with van der Waals surface area (Å²) in [5.74, 6) is 0.0348. The molecule has 0 atom stereocenters. The highest BCUT2D eigenvalue weighted by molar-refractivity contribution is 7.18. The van der Waals surface area contributed by atoms with Crippen LogP contribution in [-0.4, -0.2) is 20.5 Å². The largest absolute Gasteiger partial charge is 0.429 e. The van der Waals surface area contributed by atoms with E-state index < -0.39 is 5.91 Å². The molecule has 6 nitrogen and oxygen atoms in total. The zero-order valence-corrected chi connectivity index (χ0v) is 15.2. The predicted molar refractivity (Wildman–Crippen MR) is 101 cm³/mol. The number of hydrogen-bond acceptors (Lipinski definition) is 5. The predicted octanol–water partition coefficient (Wildman–Crippen LogP) is 4.31. The first-order valence-electron chi connectivity index (χ1n) is 7.70. The van der Waals surface area contributed by atoms with Gasteiger partial charge in [0.05, 0.1) is 11.9 Å². The van der Waals surface area contributed by atoms with Crippen LogP contribution in [0.4, 0.5) is 0 Å². The Balaban J connectivity index is 1.63. The molecule has 0 unspecified atom stereocenters. The monoisotopic (exact) mass is 384 g/mol. The number of carbonyl (C=O) groups is 1. The zero-order valence-electron chi connectivity index (χ0n) is 13.6. The smallest absolute Gasteiger partial charge is 0.299 e. The van der Waals surface area contributed by atoms with E-state index in [0.29, 0.717) is 26.5 Å². The number of nitrogens with zero attached hydrogens (tertiary/aromatic N) is 3. The molecular weight excluding hydrogens is 372 g/mol. The lowest BCUT2D eigenvalue weighted by Gasteiger charge is -2.06. The van der Waals surface area contributed by atoms with Crippen LogP contribution in [0.1, 0.15) is 15.9 Å². The molecule has 0 spiro atoms. The normalized spacial score (nSPS) is 11.0. The fraction of sp³-hybridized carbons (Fsp3) is 0.0556. The van der Waals surface area contributed by atoms with Gasteiger partial charge in [-0.15, -0.1) is 5.10 Å². The maximum absolute atomic E-state index is 11.3. The highest BCUT2D eigenvalue weighted by atomic mass is 35.5. The second kappa shape index (κ2) is 6.44. The lowest BCUT2D eigenvalue weighted by molar-refractivity contribution is 0.1000. The quantitative estimate of drug-likeness (QED) is 0.568. The first-order valence-corrected chi connectivity index (χ1v) is 8.89. The van der Waals surface area contributed by atoms with Crippen molar-refractivity contribution in [1.82, 2.24) is 14.6 Å². The van der Waals surface area contributed by atoms with Gasteiger partial charge in [0.25, 0.3) is 5.19 Å². The number of imidazole rings is 1. The van der Waals surface area contributed by atoms with Gasteiger partial charge >= 0.3 is 0 Å². The minimum absolute atomic E-state index is 0.386. The summed E-state index contributed by atoms with van der Waals surface area (Å²) in [6.07, 6.45) is 1.83. The van der Waals surface area contributed by atoms with Gasteiger partial charge in [-0.1, -0.05) is 29.8 Å². The fourth-order valence-corrected chi connectivity index (χ4v) is 3.31. The lowest BCUT2D eigenvalue weighted by Crippen LogP contribution is -2.10. The van der Waals surface area contributed by atoms with Crippen LogP contribution in [0.15, 0.2) is 48.7 Å². The number of ether oxygens (including phenoxy) is 1. The van der Waals surface area contributed by atoms with Crippen molar-refractivity contribution in [2.45, 2.75) is 6.92 Å². The van der Waals surface area contributed by atoms with Crippen molar-refractivity contribution < 1.29 is 9.53 Å². The second-order valence-corrected chi connectivity index (χ2v) is 7.03. The molecule has 0 radical (unpaired) electrons. The van der Waals surface area contributed by atoms with E-state index in [1.807, 2.05) is 37.4 Å². The van der Waals surface area contributed by atoms with Crippen molar-refractivity contribution in [3.63, 3.8) is 0 Å². The maximum Gasteiger partial charge on any atom is 0.299 e. The highest BCUT2D eigenvalue weighted by Gasteiger charge is 2.13. The van der Waals surface area contributed by atoms with E-state index in [4.69, 9.17) is 22.1 Å². The highest BCUT2D eigenvalue weighted by Crippen LogP contribution is 2.31. The Morgan fingerprint density at radius 3 is 2.69 bits per heavy atom. The van der Waals surface area contributed by atoms with Gasteiger partial charge in [0.2, 0.25) is 10.9 Å². The molecule has 130 valence electrons. The molecule has 2 aromatic heterocycles. The van der Waals surface area contributed by atoms with Crippen molar-refractivity contribution in [2.75, 3.05) is 0 Å². The van der Waals surface area contributed by atoms with Crippen molar-refractivity contribution in [2.24, 2.45) is 5.73 Å². The molecule has 4 aromatic rings. The number of nitrogens with two attached hydrogens (primary N) is 1. The number of fused-ring (bicyclic) bond motifs is 1. The number of halogens is 1. The zero-order chi connectivity index (χ0) is 18.3. The molecule has 26 heavy (non-hydrogen) atoms. The summed E-state index contributed by atoms with van der Waals surface area (Å²) in [7, 11) is 0. The first kappa shape index (κ1) is 16.6. The number of aryl methyl sites for hydroxylation is 1. The molecule has 0 aliphatic rings. The van der Waals surface area contributed by atoms with Gasteiger partial charge in [-0.2, -0.15) is 0 Å². The molecular formula is C18H13ClN4O2S. The standard InChI is InChI=1S/C18H13ClN4O2S/c1-10-2-3-12(16(20)24)8-15(10)25-18-22-23-9-14(21-17(23)26-18)11-4-6-13(19)7-5-11/h2-9H,1H3,(H2,20,24). The van der Waals surface area contributed by atoms with Gasteiger partial charge in [0.15, 0.2) is 0 Å². The minimum Gasteiger partial charge on any atom is -0.429 e. The van der Waals surface area contributed by atoms with Gasteiger partial charge < -0.3 is 10.5 Å². The molecule has 0 fully saturated rings. The van der Waals surface area contributed by atoms with Gasteiger partial charge in [0.1, 0.15) is 5.75 Å². The van der Waals surface area contributed by atoms with Crippen molar-refractivity contribution >= 4 is 33.8 Å². The summed E-state index contributed by atoms with van der Waals surface area (Å²) in [5.41, 5.74) is 8.35. The molecule has 1 amide bonds. The Bertz CT molecular complexity index is 1090. The van der Waals surface area contributed by atoms with Crippen LogP contribution in [0.5, 0.6) is 10.9 Å². The van der Waals surface area contributed by atoms with Crippen LogP contribution in [0, 0.1) is 6.92 Å². The summed E-state index contributed by atoms with van der Waals surface area (Å²) in [4.78, 5) is 16.6. The van der Waals surface area contributed by atoms with Crippen molar-refractivity contribution in [3.05, 3.63) is 64.8 Å². The SMILES string of the molecule is Cc1ccc(C(N)=O)cc1Oc1nn2cc(-c3ccc(Cl)cc3)nc2s1. The summed E-state index contributed by atoms with van der Waals surface area (Å²) >= 11 is 7.23. The number of carbonyl (C=O) groups excluding carboxylic acids is 1. The molecule has 8 heteroatoms. The van der Waals surface area contributed by atoms with Gasteiger partial charge in [-0.05, 0) is 48.1 Å². The molecule has 0 saturated carbocycles. The van der Waals surface area contributed by atoms with Gasteiger partial charge in [-0.3, -0.25) is 4.79 Å². The van der Waals surface area contributed by atoms with E-state index in [1.54, 1.807) is 22.7 Å². The van der Waals surface area contributed by atoms with E-state index in [1.165, 1.54) is 11.3 Å². The van der Waals surface area contributed by atoms with E-state index >= 15 is 0 Å². The molecule has 2 N–H and O–H groups in total. The average Bonchev–Trinajstić information content (AvgIpc) is 3.15. The van der Waals surface area contributed by atoms with Crippen molar-refractivity contribution in [3.8, 4) is 22.2 Å². The Hall–Kier alpha value is -2.90. The molecule has 2 aromatic carbocycles. The molecule has 0 saturated heterocycles. The van der Waals surface area contributed by atoms with E-state index in [2.05, 4.69) is 10.1 Å². The summed E-state index contributed by atoms with van der Waals surface area (Å²) in [6.45, 7) is 1.89. The summed E-state index contributed by atoms with van der Waals surface area (Å²) in [6, 6.07) is 12.5. The molecule has 0 bridgehead atoms. The van der Waals surface area contributed by atoms with Crippen LogP contribution in [0.3, 0.4) is 0 Å². The Kier molecular flexibility index (Phi) is 4.10. The third-order valence-electron chi connectivity index (χ3n) is 3.83. The summed E-state index contributed by atoms with van der Waals surface area (Å²) in [5, 5.41) is 5.50. The molecule has 0 aliphatic carbocycles. The van der Waals surface area contributed by atoms with E-state index in [9.17, 15) is 4.79 Å². The number of amides is 1. The maximum atomic E-state index is 11.3. The number of hydrogen-bond donors (Lipinski definition) is 1. The summed E-state index contributed by atoms with van der Waals surface area (Å²) < 4.78 is 7.49. The number of primary amides is 1. The third kappa shape index (κ3) is 3.14. The van der Waals surface area contributed by atoms with Crippen LogP contribution in [0.25, 0.3) is 16.2 Å². The molecule has 0 aliphatic heterocycles. The fourth-order valence-electron chi connectivity index (χ4n) is 2.44. The van der Waals surface area contributed by atoms with Crippen LogP contribution in [-0.2, 0) is 0 Å². The van der Waals surface area contributed by atoms with Crippen molar-refractivity contribution in [1.29, 1.82) is 0 Å². The Morgan fingerprint density at radius 2 is 2.00 bits per heavy atom. The first-order chi connectivity index (χ1) is 12.5. The number of benzene rings is 2. The van der Waals surface area contributed by atoms with E-state index in [0.717, 1.165) is 16.8 Å². The average molecular weight is 385 g/mol. The topological polar surface area (TPSA) is 82.5 Å². The van der Waals surface area contributed by atoms with Crippen LogP contribution >= 0.6 is 22.9 Å². The Morgan fingerprint density at radius 1 is 1.23 bits per heavy atom. The van der Waals surface area contributed by atoms with Crippen LogP contribution in [0.2, 0.25) is 5.02 Å². The third-order valence-corrected chi connectivity index (χ3v) is 4.89. The van der Waals surface area contributed by atoms with Gasteiger partial charge in [-0.25, -0.2) is 9.50 Å². The number of aromatic nitrogens is 3. The molecule has 4 rings (SSSR count). The second-order valence-electron chi connectivity index (χ2n) is 5.67. The van der Waals surface area contributed by atoms with E-state index in [-0.39, 0.29) is 0 Å². The van der Waals surface area contributed by atoms with Gasteiger partial charge in [0, 0.05) is 16.1 Å². The molecule has 2 heterocycles. The lowest BCUT2D eigenvalue weighted by atomic mass is 10.1.